The Morgan fingerprint density at radius 3 is 2.17 bits per heavy atom. The maximum atomic E-state index is 12.1. The summed E-state index contributed by atoms with van der Waals surface area (Å²) in [6, 6.07) is 8.90. The lowest BCUT2D eigenvalue weighted by Gasteiger charge is -2.48. The zero-order chi connectivity index (χ0) is 22.5. The molecule has 0 saturated carbocycles. The highest BCUT2D eigenvalue weighted by Crippen LogP contribution is 2.30. The van der Waals surface area contributed by atoms with Gasteiger partial charge in [-0.15, -0.1) is 0 Å². The maximum Gasteiger partial charge on any atom is 0.234 e. The van der Waals surface area contributed by atoms with E-state index in [1.165, 1.54) is 5.69 Å². The van der Waals surface area contributed by atoms with Gasteiger partial charge in [0, 0.05) is 57.4 Å². The molecule has 1 aromatic carbocycles. The van der Waals surface area contributed by atoms with Crippen LogP contribution < -0.4 is 15.5 Å². The second kappa shape index (κ2) is 14.1. The van der Waals surface area contributed by atoms with E-state index in [0.29, 0.717) is 18.9 Å². The highest BCUT2D eigenvalue weighted by molar-refractivity contribution is 6.01. The molecule has 6 nitrogen and oxygen atoms in total. The zero-order valence-electron chi connectivity index (χ0n) is 19.8. The van der Waals surface area contributed by atoms with Gasteiger partial charge in [0.1, 0.15) is 0 Å². The standard InChI is InChI=1S/C18H24N4O2.3C2H6/c23-17-5-4-16(18(24)20-17)13-2-1-3-14(10-13)22-11-15(12-22)21-8-6-19-7-9-21;3*1-2/h1-3,10,15-16,19H,4-9,11-12H2,(H,20,23,24);3*1-2H3. The summed E-state index contributed by atoms with van der Waals surface area (Å²) >= 11 is 0. The lowest BCUT2D eigenvalue weighted by Crippen LogP contribution is -2.62. The molecule has 3 aliphatic heterocycles. The zero-order valence-corrected chi connectivity index (χ0v) is 19.8. The third-order valence-corrected chi connectivity index (χ3v) is 5.41. The van der Waals surface area contributed by atoms with Gasteiger partial charge in [0.15, 0.2) is 0 Å². The first-order chi connectivity index (χ1) is 14.7. The number of amides is 2. The van der Waals surface area contributed by atoms with Gasteiger partial charge in [-0.3, -0.25) is 19.8 Å². The Bertz CT molecular complexity index is 638. The van der Waals surface area contributed by atoms with Crippen molar-refractivity contribution in [2.24, 2.45) is 0 Å². The largest absolute Gasteiger partial charge is 0.368 e. The Kier molecular flexibility index (Phi) is 12.3. The van der Waals surface area contributed by atoms with Crippen molar-refractivity contribution in [2.45, 2.75) is 66.3 Å². The molecule has 30 heavy (non-hydrogen) atoms. The van der Waals surface area contributed by atoms with E-state index < -0.39 is 0 Å². The highest BCUT2D eigenvalue weighted by atomic mass is 16.2. The molecule has 2 N–H and O–H groups in total. The van der Waals surface area contributed by atoms with E-state index in [1.807, 2.05) is 53.7 Å². The molecule has 3 fully saturated rings. The summed E-state index contributed by atoms with van der Waals surface area (Å²) in [4.78, 5) is 28.3. The van der Waals surface area contributed by atoms with Gasteiger partial charge in [0.2, 0.25) is 11.8 Å². The fraction of sp³-hybridized carbons (Fsp3) is 0.667. The number of nitrogens with one attached hydrogen (secondary N) is 2. The normalized spacial score (nSPS) is 21.5. The molecule has 3 aliphatic rings. The van der Waals surface area contributed by atoms with Crippen LogP contribution in [0.3, 0.4) is 0 Å². The molecule has 3 heterocycles. The third kappa shape index (κ3) is 6.81. The fourth-order valence-electron chi connectivity index (χ4n) is 3.89. The number of carbonyl (C=O) groups is 2. The van der Waals surface area contributed by atoms with Crippen LogP contribution in [0.4, 0.5) is 5.69 Å². The average molecular weight is 419 g/mol. The van der Waals surface area contributed by atoms with Crippen LogP contribution in [-0.4, -0.2) is 62.0 Å². The number of carbonyl (C=O) groups excluding carboxylic acids is 2. The summed E-state index contributed by atoms with van der Waals surface area (Å²) in [5, 5.41) is 5.85. The first-order valence-corrected chi connectivity index (χ1v) is 11.8. The molecule has 170 valence electrons. The van der Waals surface area contributed by atoms with E-state index in [2.05, 4.69) is 32.6 Å². The van der Waals surface area contributed by atoms with Gasteiger partial charge < -0.3 is 10.2 Å². The van der Waals surface area contributed by atoms with Crippen molar-refractivity contribution in [1.29, 1.82) is 0 Å². The van der Waals surface area contributed by atoms with Gasteiger partial charge in [-0.2, -0.15) is 0 Å². The molecule has 1 unspecified atom stereocenters. The lowest BCUT2D eigenvalue weighted by atomic mass is 9.90. The minimum Gasteiger partial charge on any atom is -0.368 e. The molecule has 2 amide bonds. The van der Waals surface area contributed by atoms with Gasteiger partial charge in [-0.25, -0.2) is 0 Å². The maximum absolute atomic E-state index is 12.1. The summed E-state index contributed by atoms with van der Waals surface area (Å²) in [6.07, 6.45) is 1.03. The molecule has 0 aliphatic carbocycles. The molecule has 0 aromatic heterocycles. The van der Waals surface area contributed by atoms with Crippen LogP contribution in [0.25, 0.3) is 0 Å². The van der Waals surface area contributed by atoms with Crippen LogP contribution in [0.2, 0.25) is 0 Å². The Morgan fingerprint density at radius 1 is 0.933 bits per heavy atom. The SMILES string of the molecule is CC.CC.CC.O=C1CCC(c2cccc(N3CC(N4CCNCC4)C3)c2)C(=O)N1. The van der Waals surface area contributed by atoms with Crippen LogP contribution in [0.15, 0.2) is 24.3 Å². The number of hydrogen-bond donors (Lipinski definition) is 2. The van der Waals surface area contributed by atoms with E-state index in [9.17, 15) is 9.59 Å². The van der Waals surface area contributed by atoms with Crippen LogP contribution in [0, 0.1) is 0 Å². The first kappa shape index (κ1) is 26.1. The minimum atomic E-state index is -0.201. The molecule has 1 atom stereocenters. The predicted octanol–water partition coefficient (Wildman–Crippen LogP) is 3.38. The first-order valence-electron chi connectivity index (χ1n) is 11.8. The number of benzene rings is 1. The Hall–Kier alpha value is -1.92. The van der Waals surface area contributed by atoms with Gasteiger partial charge in [0.05, 0.1) is 5.92 Å². The number of hydrogen-bond acceptors (Lipinski definition) is 5. The molecule has 0 radical (unpaired) electrons. The Labute approximate surface area is 183 Å². The summed E-state index contributed by atoms with van der Waals surface area (Å²) in [5.74, 6) is -0.521. The molecular weight excluding hydrogens is 376 g/mol. The Balaban J connectivity index is 0.000000691. The summed E-state index contributed by atoms with van der Waals surface area (Å²) < 4.78 is 0. The molecule has 1 aromatic rings. The van der Waals surface area contributed by atoms with Crippen molar-refractivity contribution in [2.75, 3.05) is 44.2 Å². The number of piperazine rings is 1. The van der Waals surface area contributed by atoms with E-state index in [-0.39, 0.29) is 17.7 Å². The van der Waals surface area contributed by atoms with E-state index >= 15 is 0 Å². The second-order valence-electron chi connectivity index (χ2n) is 6.94. The van der Waals surface area contributed by atoms with Crippen molar-refractivity contribution >= 4 is 17.5 Å². The summed E-state index contributed by atoms with van der Waals surface area (Å²) in [6.45, 7) is 18.5. The molecule has 0 bridgehead atoms. The second-order valence-corrected chi connectivity index (χ2v) is 6.94. The van der Waals surface area contributed by atoms with E-state index in [1.54, 1.807) is 0 Å². The van der Waals surface area contributed by atoms with Crippen molar-refractivity contribution in [3.8, 4) is 0 Å². The number of anilines is 1. The lowest BCUT2D eigenvalue weighted by molar-refractivity contribution is -0.134. The van der Waals surface area contributed by atoms with Crippen LogP contribution >= 0.6 is 0 Å². The third-order valence-electron chi connectivity index (χ3n) is 5.41. The quantitative estimate of drug-likeness (QED) is 0.737. The van der Waals surface area contributed by atoms with Crippen molar-refractivity contribution in [3.05, 3.63) is 29.8 Å². The smallest absolute Gasteiger partial charge is 0.234 e. The molecule has 3 saturated heterocycles. The number of rotatable bonds is 3. The fourth-order valence-corrected chi connectivity index (χ4v) is 3.89. The topological polar surface area (TPSA) is 64.7 Å². The molecule has 6 heteroatoms. The van der Waals surface area contributed by atoms with Crippen molar-refractivity contribution < 1.29 is 9.59 Å². The van der Waals surface area contributed by atoms with E-state index in [4.69, 9.17) is 0 Å². The number of piperidine rings is 1. The van der Waals surface area contributed by atoms with E-state index in [0.717, 1.165) is 44.8 Å². The van der Waals surface area contributed by atoms with Gasteiger partial charge in [0.25, 0.3) is 0 Å². The number of nitrogens with zero attached hydrogens (tertiary/aromatic N) is 2. The molecule has 0 spiro atoms. The highest BCUT2D eigenvalue weighted by Gasteiger charge is 2.33. The molecule has 4 rings (SSSR count). The summed E-state index contributed by atoms with van der Waals surface area (Å²) in [5.41, 5.74) is 2.20. The minimum absolute atomic E-state index is 0.158. The van der Waals surface area contributed by atoms with Gasteiger partial charge in [-0.1, -0.05) is 53.7 Å². The predicted molar refractivity (Wildman–Crippen MR) is 126 cm³/mol. The van der Waals surface area contributed by atoms with Crippen LogP contribution in [0.5, 0.6) is 0 Å². The Morgan fingerprint density at radius 2 is 1.57 bits per heavy atom. The van der Waals surface area contributed by atoms with Gasteiger partial charge >= 0.3 is 0 Å². The molecular formula is C24H42N4O2. The monoisotopic (exact) mass is 418 g/mol. The van der Waals surface area contributed by atoms with Crippen molar-refractivity contribution in [1.82, 2.24) is 15.5 Å². The van der Waals surface area contributed by atoms with Crippen LogP contribution in [0.1, 0.15) is 65.9 Å². The van der Waals surface area contributed by atoms with Crippen molar-refractivity contribution in [3.63, 3.8) is 0 Å². The number of imide groups is 1. The average Bonchev–Trinajstić information content (AvgIpc) is 2.78. The van der Waals surface area contributed by atoms with Gasteiger partial charge in [-0.05, 0) is 24.1 Å². The van der Waals surface area contributed by atoms with Crippen LogP contribution in [-0.2, 0) is 9.59 Å². The summed E-state index contributed by atoms with van der Waals surface area (Å²) in [7, 11) is 0.